The standard InChI is InChI=1S/C14H18ClN3/c1-10(2)18-9-12(8-17-18)7-16-13-5-4-11(3)14(15)6-13/h4-6,8-10,16H,7H2,1-3H3. The molecular weight excluding hydrogens is 246 g/mol. The van der Waals surface area contributed by atoms with Crippen molar-refractivity contribution in [2.75, 3.05) is 5.32 Å². The third kappa shape index (κ3) is 3.05. The van der Waals surface area contributed by atoms with Crippen molar-refractivity contribution >= 4 is 17.3 Å². The highest BCUT2D eigenvalue weighted by molar-refractivity contribution is 6.31. The molecule has 0 bridgehead atoms. The normalized spacial score (nSPS) is 10.9. The van der Waals surface area contributed by atoms with E-state index in [1.807, 2.05) is 36.0 Å². The van der Waals surface area contributed by atoms with E-state index in [9.17, 15) is 0 Å². The summed E-state index contributed by atoms with van der Waals surface area (Å²) in [5.41, 5.74) is 3.29. The van der Waals surface area contributed by atoms with Gasteiger partial charge in [-0.15, -0.1) is 0 Å². The first-order chi connectivity index (χ1) is 8.56. The second-order valence-electron chi connectivity index (χ2n) is 4.74. The quantitative estimate of drug-likeness (QED) is 0.902. The number of hydrogen-bond donors (Lipinski definition) is 1. The topological polar surface area (TPSA) is 29.9 Å². The van der Waals surface area contributed by atoms with Crippen LogP contribution in [-0.2, 0) is 6.54 Å². The minimum absolute atomic E-state index is 0.396. The van der Waals surface area contributed by atoms with Crippen LogP contribution in [-0.4, -0.2) is 9.78 Å². The first kappa shape index (κ1) is 13.0. The number of nitrogens with one attached hydrogen (secondary N) is 1. The van der Waals surface area contributed by atoms with E-state index >= 15 is 0 Å². The van der Waals surface area contributed by atoms with Crippen LogP contribution < -0.4 is 5.32 Å². The Balaban J connectivity index is 2.00. The van der Waals surface area contributed by atoms with Gasteiger partial charge >= 0.3 is 0 Å². The number of aromatic nitrogens is 2. The Morgan fingerprint density at radius 3 is 2.78 bits per heavy atom. The summed E-state index contributed by atoms with van der Waals surface area (Å²) in [4.78, 5) is 0. The highest BCUT2D eigenvalue weighted by Crippen LogP contribution is 2.20. The molecule has 1 aromatic heterocycles. The van der Waals surface area contributed by atoms with Crippen molar-refractivity contribution in [3.63, 3.8) is 0 Å². The van der Waals surface area contributed by atoms with Crippen molar-refractivity contribution < 1.29 is 0 Å². The van der Waals surface area contributed by atoms with Gasteiger partial charge in [0, 0.05) is 35.1 Å². The smallest absolute Gasteiger partial charge is 0.0539 e. The predicted molar refractivity (Wildman–Crippen MR) is 76.1 cm³/mol. The molecule has 2 rings (SSSR count). The summed E-state index contributed by atoms with van der Waals surface area (Å²) in [6, 6.07) is 6.40. The molecule has 0 amide bonds. The molecule has 18 heavy (non-hydrogen) atoms. The second kappa shape index (κ2) is 5.44. The molecular formula is C14H18ClN3. The Morgan fingerprint density at radius 1 is 1.39 bits per heavy atom. The summed E-state index contributed by atoms with van der Waals surface area (Å²) in [7, 11) is 0. The Morgan fingerprint density at radius 2 is 2.17 bits per heavy atom. The van der Waals surface area contributed by atoms with Gasteiger partial charge in [-0.1, -0.05) is 17.7 Å². The number of nitrogens with zero attached hydrogens (tertiary/aromatic N) is 2. The maximum Gasteiger partial charge on any atom is 0.0539 e. The lowest BCUT2D eigenvalue weighted by Gasteiger charge is -2.07. The van der Waals surface area contributed by atoms with E-state index < -0.39 is 0 Å². The molecule has 0 radical (unpaired) electrons. The summed E-state index contributed by atoms with van der Waals surface area (Å²) < 4.78 is 1.96. The van der Waals surface area contributed by atoms with Crippen LogP contribution in [0.4, 0.5) is 5.69 Å². The zero-order chi connectivity index (χ0) is 13.1. The lowest BCUT2D eigenvalue weighted by Crippen LogP contribution is -2.01. The lowest BCUT2D eigenvalue weighted by molar-refractivity contribution is 0.532. The summed E-state index contributed by atoms with van der Waals surface area (Å²) >= 11 is 6.08. The molecule has 0 saturated carbocycles. The number of anilines is 1. The van der Waals surface area contributed by atoms with Crippen molar-refractivity contribution in [2.45, 2.75) is 33.4 Å². The predicted octanol–water partition coefficient (Wildman–Crippen LogP) is 4.04. The summed E-state index contributed by atoms with van der Waals surface area (Å²) in [5, 5.41) is 8.44. The Hall–Kier alpha value is -1.48. The number of rotatable bonds is 4. The molecule has 0 unspecified atom stereocenters. The number of aryl methyl sites for hydroxylation is 1. The van der Waals surface area contributed by atoms with Gasteiger partial charge in [-0.25, -0.2) is 0 Å². The van der Waals surface area contributed by atoms with Crippen LogP contribution in [0.1, 0.15) is 31.0 Å². The maximum absolute atomic E-state index is 6.08. The highest BCUT2D eigenvalue weighted by Gasteiger charge is 2.02. The van der Waals surface area contributed by atoms with Crippen molar-refractivity contribution in [1.82, 2.24) is 9.78 Å². The van der Waals surface area contributed by atoms with Crippen LogP contribution in [0.25, 0.3) is 0 Å². The van der Waals surface area contributed by atoms with Gasteiger partial charge in [-0.05, 0) is 38.5 Å². The van der Waals surface area contributed by atoms with Crippen LogP contribution in [0.15, 0.2) is 30.6 Å². The molecule has 2 aromatic rings. The van der Waals surface area contributed by atoms with Crippen molar-refractivity contribution in [3.05, 3.63) is 46.7 Å². The zero-order valence-corrected chi connectivity index (χ0v) is 11.7. The highest BCUT2D eigenvalue weighted by atomic mass is 35.5. The van der Waals surface area contributed by atoms with E-state index in [1.54, 1.807) is 0 Å². The van der Waals surface area contributed by atoms with E-state index in [4.69, 9.17) is 11.6 Å². The minimum Gasteiger partial charge on any atom is -0.381 e. The van der Waals surface area contributed by atoms with Gasteiger partial charge in [-0.3, -0.25) is 4.68 Å². The molecule has 4 heteroatoms. The van der Waals surface area contributed by atoms with E-state index in [-0.39, 0.29) is 0 Å². The minimum atomic E-state index is 0.396. The molecule has 0 aliphatic carbocycles. The number of halogens is 1. The third-order valence-corrected chi connectivity index (χ3v) is 3.26. The van der Waals surface area contributed by atoms with Gasteiger partial charge in [0.25, 0.3) is 0 Å². The first-order valence-corrected chi connectivity index (χ1v) is 6.47. The Kier molecular flexibility index (Phi) is 3.92. The van der Waals surface area contributed by atoms with Gasteiger partial charge < -0.3 is 5.32 Å². The molecule has 0 aliphatic heterocycles. The average Bonchev–Trinajstić information content (AvgIpc) is 2.79. The molecule has 3 nitrogen and oxygen atoms in total. The molecule has 0 atom stereocenters. The fraction of sp³-hybridized carbons (Fsp3) is 0.357. The molecule has 0 spiro atoms. The van der Waals surface area contributed by atoms with Crippen LogP contribution in [0.3, 0.4) is 0 Å². The van der Waals surface area contributed by atoms with Crippen LogP contribution >= 0.6 is 11.6 Å². The van der Waals surface area contributed by atoms with E-state index in [0.717, 1.165) is 22.8 Å². The van der Waals surface area contributed by atoms with Crippen molar-refractivity contribution in [2.24, 2.45) is 0 Å². The lowest BCUT2D eigenvalue weighted by atomic mass is 10.2. The van der Waals surface area contributed by atoms with E-state index in [0.29, 0.717) is 6.04 Å². The zero-order valence-electron chi connectivity index (χ0n) is 10.9. The summed E-state index contributed by atoms with van der Waals surface area (Å²) in [6.45, 7) is 6.98. The molecule has 1 aromatic carbocycles. The molecule has 1 heterocycles. The average molecular weight is 264 g/mol. The Bertz CT molecular complexity index is 532. The Labute approximate surface area is 113 Å². The van der Waals surface area contributed by atoms with Crippen LogP contribution in [0.2, 0.25) is 5.02 Å². The van der Waals surface area contributed by atoms with E-state index in [2.05, 4.69) is 30.5 Å². The SMILES string of the molecule is Cc1ccc(NCc2cnn(C(C)C)c2)cc1Cl. The fourth-order valence-corrected chi connectivity index (χ4v) is 1.84. The van der Waals surface area contributed by atoms with Gasteiger partial charge in [0.2, 0.25) is 0 Å². The fourth-order valence-electron chi connectivity index (χ4n) is 1.66. The number of benzene rings is 1. The van der Waals surface area contributed by atoms with Crippen LogP contribution in [0, 0.1) is 6.92 Å². The van der Waals surface area contributed by atoms with Crippen molar-refractivity contribution in [1.29, 1.82) is 0 Å². The molecule has 0 fully saturated rings. The van der Waals surface area contributed by atoms with E-state index in [1.165, 1.54) is 5.56 Å². The maximum atomic E-state index is 6.08. The monoisotopic (exact) mass is 263 g/mol. The van der Waals surface area contributed by atoms with Gasteiger partial charge in [-0.2, -0.15) is 5.10 Å². The summed E-state index contributed by atoms with van der Waals surface area (Å²) in [5.74, 6) is 0. The van der Waals surface area contributed by atoms with Gasteiger partial charge in [0.05, 0.1) is 6.20 Å². The molecule has 96 valence electrons. The summed E-state index contributed by atoms with van der Waals surface area (Å²) in [6.07, 6.45) is 3.95. The first-order valence-electron chi connectivity index (χ1n) is 6.09. The third-order valence-electron chi connectivity index (χ3n) is 2.85. The van der Waals surface area contributed by atoms with Gasteiger partial charge in [0.1, 0.15) is 0 Å². The second-order valence-corrected chi connectivity index (χ2v) is 5.15. The largest absolute Gasteiger partial charge is 0.381 e. The van der Waals surface area contributed by atoms with Crippen LogP contribution in [0.5, 0.6) is 0 Å². The van der Waals surface area contributed by atoms with Gasteiger partial charge in [0.15, 0.2) is 0 Å². The van der Waals surface area contributed by atoms with Crippen molar-refractivity contribution in [3.8, 4) is 0 Å². The molecule has 0 aliphatic rings. The molecule has 1 N–H and O–H groups in total. The molecule has 0 saturated heterocycles. The number of hydrogen-bond acceptors (Lipinski definition) is 2.